The third-order valence-corrected chi connectivity index (χ3v) is 5.53. The number of hydrogen-bond acceptors (Lipinski definition) is 0. The summed E-state index contributed by atoms with van der Waals surface area (Å²) in [7, 11) is 0. The Labute approximate surface area is 204 Å². The zero-order chi connectivity index (χ0) is 25.8. The fourth-order valence-corrected chi connectivity index (χ4v) is 3.65. The monoisotopic (exact) mass is 492 g/mol. The van der Waals surface area contributed by atoms with Crippen molar-refractivity contribution in [2.75, 3.05) is 0 Å². The zero-order valence-corrected chi connectivity index (χ0v) is 19.1. The maximum absolute atomic E-state index is 14.6. The van der Waals surface area contributed by atoms with Gasteiger partial charge < -0.3 is 0 Å². The molecule has 0 aromatic heterocycles. The highest BCUT2D eigenvalue weighted by atomic mass is 19.2. The molecule has 0 unspecified atom stereocenters. The average Bonchev–Trinajstić information content (AvgIpc) is 2.84. The molecule has 0 bridgehead atoms. The van der Waals surface area contributed by atoms with Crippen molar-refractivity contribution in [2.45, 2.75) is 26.2 Å². The van der Waals surface area contributed by atoms with Crippen LogP contribution in [0.2, 0.25) is 0 Å². The predicted molar refractivity (Wildman–Crippen MR) is 127 cm³/mol. The van der Waals surface area contributed by atoms with E-state index in [1.807, 2.05) is 6.92 Å². The summed E-state index contributed by atoms with van der Waals surface area (Å²) < 4.78 is 85.0. The van der Waals surface area contributed by atoms with Gasteiger partial charge in [-0.3, -0.25) is 0 Å². The Morgan fingerprint density at radius 1 is 0.583 bits per heavy atom. The van der Waals surface area contributed by atoms with Gasteiger partial charge in [0.25, 0.3) is 0 Å². The number of benzene rings is 4. The minimum atomic E-state index is -1.00. The molecule has 0 aliphatic carbocycles. The Bertz CT molecular complexity index is 1550. The predicted octanol–water partition coefficient (Wildman–Crippen LogP) is 7.82. The second-order valence-electron chi connectivity index (χ2n) is 8.15. The molecule has 0 spiro atoms. The topological polar surface area (TPSA) is 0 Å². The number of fused-ring (bicyclic) bond motifs is 1. The lowest BCUT2D eigenvalue weighted by atomic mass is 10.0. The van der Waals surface area contributed by atoms with E-state index in [0.717, 1.165) is 31.0 Å². The van der Waals surface area contributed by atoms with Crippen molar-refractivity contribution in [3.05, 3.63) is 117 Å². The molecule has 0 heterocycles. The molecule has 0 saturated heterocycles. The highest BCUT2D eigenvalue weighted by Gasteiger charge is 2.11. The van der Waals surface area contributed by atoms with Gasteiger partial charge in [0.1, 0.15) is 23.3 Å². The van der Waals surface area contributed by atoms with Crippen molar-refractivity contribution in [1.82, 2.24) is 0 Å². The van der Waals surface area contributed by atoms with Gasteiger partial charge in [-0.05, 0) is 66.3 Å². The summed E-state index contributed by atoms with van der Waals surface area (Å²) in [5, 5.41) is 0.439. The van der Waals surface area contributed by atoms with Crippen LogP contribution >= 0.6 is 0 Å². The number of hydrogen-bond donors (Lipinski definition) is 0. The van der Waals surface area contributed by atoms with E-state index in [9.17, 15) is 26.3 Å². The first-order valence-corrected chi connectivity index (χ1v) is 11.2. The second kappa shape index (κ2) is 10.6. The van der Waals surface area contributed by atoms with E-state index < -0.39 is 46.0 Å². The van der Waals surface area contributed by atoms with Crippen LogP contribution in [0.5, 0.6) is 0 Å². The summed E-state index contributed by atoms with van der Waals surface area (Å²) in [6.45, 7) is 1.97. The molecule has 0 aliphatic heterocycles. The standard InChI is InChI=1S/C30H18F6/c1-2-3-4-19-14-26(32)24(27(33)15-19)11-7-20-16-28(34)23(29(35)17-20)10-6-18-5-9-22-21(13-18)8-12-25(31)30(22)36/h5,8-9,12-17H,2-4H2,1H3. The van der Waals surface area contributed by atoms with Crippen LogP contribution in [-0.2, 0) is 6.42 Å². The number of rotatable bonds is 3. The molecule has 0 radical (unpaired) electrons. The van der Waals surface area contributed by atoms with Gasteiger partial charge >= 0.3 is 0 Å². The summed E-state index contributed by atoms with van der Waals surface area (Å²) in [5.74, 6) is 4.04. The molecule has 0 aliphatic rings. The minimum Gasteiger partial charge on any atom is -0.206 e. The van der Waals surface area contributed by atoms with Crippen LogP contribution in [0.25, 0.3) is 10.8 Å². The SMILES string of the molecule is CCCCc1cc(F)c(C#Cc2cc(F)c(C#Cc3ccc4c(F)c(F)ccc4c3)c(F)c2)c(F)c1. The van der Waals surface area contributed by atoms with Gasteiger partial charge in [-0.15, -0.1) is 0 Å². The second-order valence-corrected chi connectivity index (χ2v) is 8.15. The van der Waals surface area contributed by atoms with Crippen molar-refractivity contribution in [1.29, 1.82) is 0 Å². The lowest BCUT2D eigenvalue weighted by molar-refractivity contribution is 0.517. The molecule has 36 heavy (non-hydrogen) atoms. The van der Waals surface area contributed by atoms with Crippen LogP contribution in [-0.4, -0.2) is 0 Å². The normalized spacial score (nSPS) is 10.5. The molecule has 0 nitrogen and oxygen atoms in total. The van der Waals surface area contributed by atoms with Crippen LogP contribution in [0.1, 0.15) is 47.6 Å². The van der Waals surface area contributed by atoms with Crippen LogP contribution in [0.4, 0.5) is 26.3 Å². The fourth-order valence-electron chi connectivity index (χ4n) is 3.65. The highest BCUT2D eigenvalue weighted by Crippen LogP contribution is 2.22. The summed E-state index contributed by atoms with van der Waals surface area (Å²) in [6.07, 6.45) is 2.20. The first-order chi connectivity index (χ1) is 17.3. The van der Waals surface area contributed by atoms with Gasteiger partial charge in [0.2, 0.25) is 0 Å². The summed E-state index contributed by atoms with van der Waals surface area (Å²) in [6, 6.07) is 10.8. The molecule has 0 atom stereocenters. The van der Waals surface area contributed by atoms with Crippen molar-refractivity contribution < 1.29 is 26.3 Å². The Morgan fingerprint density at radius 2 is 1.17 bits per heavy atom. The average molecular weight is 492 g/mol. The van der Waals surface area contributed by atoms with Crippen molar-refractivity contribution in [2.24, 2.45) is 0 Å². The van der Waals surface area contributed by atoms with E-state index in [1.165, 1.54) is 36.4 Å². The Balaban J connectivity index is 1.61. The maximum atomic E-state index is 14.6. The van der Waals surface area contributed by atoms with Crippen molar-refractivity contribution in [3.63, 3.8) is 0 Å². The molecule has 6 heteroatoms. The lowest BCUT2D eigenvalue weighted by Gasteiger charge is -2.04. The van der Waals surface area contributed by atoms with Crippen LogP contribution < -0.4 is 0 Å². The summed E-state index contributed by atoms with van der Waals surface area (Å²) in [5.41, 5.74) is -0.269. The third kappa shape index (κ3) is 5.39. The molecule has 4 rings (SSSR count). The lowest BCUT2D eigenvalue weighted by Crippen LogP contribution is -1.96. The van der Waals surface area contributed by atoms with Gasteiger partial charge in [-0.25, -0.2) is 26.3 Å². The van der Waals surface area contributed by atoms with Gasteiger partial charge in [0, 0.05) is 16.5 Å². The van der Waals surface area contributed by atoms with Crippen LogP contribution in [0.3, 0.4) is 0 Å². The van der Waals surface area contributed by atoms with E-state index in [4.69, 9.17) is 0 Å². The van der Waals surface area contributed by atoms with E-state index in [-0.39, 0.29) is 10.9 Å². The molecule has 0 fully saturated rings. The van der Waals surface area contributed by atoms with Gasteiger partial charge in [0.15, 0.2) is 11.6 Å². The Hall–Kier alpha value is -4.16. The molecule has 0 N–H and O–H groups in total. The Kier molecular flexibility index (Phi) is 7.36. The van der Waals surface area contributed by atoms with E-state index in [2.05, 4.69) is 23.7 Å². The molecule has 180 valence electrons. The summed E-state index contributed by atoms with van der Waals surface area (Å²) in [4.78, 5) is 0. The van der Waals surface area contributed by atoms with Gasteiger partial charge in [-0.1, -0.05) is 49.2 Å². The molecule has 4 aromatic carbocycles. The van der Waals surface area contributed by atoms with Crippen molar-refractivity contribution >= 4 is 10.8 Å². The first kappa shape index (κ1) is 24.9. The minimum absolute atomic E-state index is 0.0595. The number of aryl methyl sites for hydroxylation is 1. The third-order valence-electron chi connectivity index (χ3n) is 5.53. The number of halogens is 6. The summed E-state index contributed by atoms with van der Waals surface area (Å²) >= 11 is 0. The van der Waals surface area contributed by atoms with E-state index >= 15 is 0 Å². The van der Waals surface area contributed by atoms with Crippen molar-refractivity contribution in [3.8, 4) is 23.7 Å². The zero-order valence-electron chi connectivity index (χ0n) is 19.1. The molecular weight excluding hydrogens is 474 g/mol. The van der Waals surface area contributed by atoms with Crippen LogP contribution in [0.15, 0.2) is 54.6 Å². The molecule has 4 aromatic rings. The van der Waals surface area contributed by atoms with Crippen LogP contribution in [0, 0.1) is 58.6 Å². The van der Waals surface area contributed by atoms with Gasteiger partial charge in [0.05, 0.1) is 11.1 Å². The smallest absolute Gasteiger partial charge is 0.166 e. The first-order valence-electron chi connectivity index (χ1n) is 11.2. The quantitative estimate of drug-likeness (QED) is 0.202. The molecule has 0 amide bonds. The Morgan fingerprint density at radius 3 is 1.78 bits per heavy atom. The highest BCUT2D eigenvalue weighted by molar-refractivity contribution is 5.84. The molecular formula is C30H18F6. The largest absolute Gasteiger partial charge is 0.206 e. The van der Waals surface area contributed by atoms with E-state index in [1.54, 1.807) is 0 Å². The molecule has 0 saturated carbocycles. The van der Waals surface area contributed by atoms with Gasteiger partial charge in [-0.2, -0.15) is 0 Å². The fraction of sp³-hybridized carbons (Fsp3) is 0.133. The number of unbranched alkanes of at least 4 members (excludes halogenated alkanes) is 1. The van der Waals surface area contributed by atoms with E-state index in [0.29, 0.717) is 22.9 Å². The maximum Gasteiger partial charge on any atom is 0.166 e.